The van der Waals surface area contributed by atoms with Crippen LogP contribution >= 0.6 is 11.6 Å². The van der Waals surface area contributed by atoms with Crippen LogP contribution in [0.25, 0.3) is 0 Å². The van der Waals surface area contributed by atoms with Gasteiger partial charge in [0.15, 0.2) is 24.6 Å². The van der Waals surface area contributed by atoms with E-state index in [1.54, 1.807) is 49.5 Å². The van der Waals surface area contributed by atoms with E-state index in [1.165, 1.54) is 0 Å². The Labute approximate surface area is 162 Å². The zero-order valence-corrected chi connectivity index (χ0v) is 15.6. The van der Waals surface area contributed by atoms with E-state index in [1.807, 2.05) is 0 Å². The van der Waals surface area contributed by atoms with E-state index in [9.17, 15) is 9.59 Å². The van der Waals surface area contributed by atoms with Crippen LogP contribution in [-0.2, 0) is 9.59 Å². The lowest BCUT2D eigenvalue weighted by atomic mass is 10.2. The van der Waals surface area contributed by atoms with Crippen LogP contribution in [0.2, 0.25) is 5.02 Å². The third-order valence-electron chi connectivity index (χ3n) is 3.88. The van der Waals surface area contributed by atoms with Gasteiger partial charge >= 0.3 is 0 Å². The van der Waals surface area contributed by atoms with Gasteiger partial charge in [-0.15, -0.1) is 0 Å². The smallest absolute Gasteiger partial charge is 0.279 e. The number of fused-ring (bicyclic) bond motifs is 1. The molecule has 0 saturated carbocycles. The second-order valence-corrected chi connectivity index (χ2v) is 6.71. The van der Waals surface area contributed by atoms with Crippen molar-refractivity contribution in [2.45, 2.75) is 0 Å². The molecule has 1 atom stereocenters. The highest BCUT2D eigenvalue weighted by Gasteiger charge is 2.16. The number of nitrogens with one attached hydrogen (secondary N) is 3. The van der Waals surface area contributed by atoms with Gasteiger partial charge < -0.3 is 25.0 Å². The molecule has 0 saturated heterocycles. The van der Waals surface area contributed by atoms with Crippen LogP contribution in [0.4, 0.5) is 11.4 Å². The molecule has 1 aliphatic heterocycles. The highest BCUT2D eigenvalue weighted by atomic mass is 35.5. The fourth-order valence-electron chi connectivity index (χ4n) is 2.68. The quantitative estimate of drug-likeness (QED) is 0.692. The molecule has 0 aliphatic carbocycles. The summed E-state index contributed by atoms with van der Waals surface area (Å²) < 4.78 is 11.0. The van der Waals surface area contributed by atoms with Crippen molar-refractivity contribution in [1.29, 1.82) is 0 Å². The van der Waals surface area contributed by atoms with Gasteiger partial charge in [0.2, 0.25) is 0 Å². The molecule has 3 rings (SSSR count). The number of quaternary nitrogens is 1. The van der Waals surface area contributed by atoms with E-state index < -0.39 is 0 Å². The Kier molecular flexibility index (Phi) is 6.16. The Morgan fingerprint density at radius 2 is 1.48 bits per heavy atom. The van der Waals surface area contributed by atoms with Gasteiger partial charge in [-0.25, -0.2) is 0 Å². The molecule has 1 aliphatic rings. The largest absolute Gasteiger partial charge is 0.486 e. The molecule has 1 heterocycles. The van der Waals surface area contributed by atoms with Crippen LogP contribution in [-0.4, -0.2) is 45.2 Å². The predicted octanol–water partition coefficient (Wildman–Crippen LogP) is 1.20. The van der Waals surface area contributed by atoms with Gasteiger partial charge in [0.1, 0.15) is 13.2 Å². The molecule has 2 aromatic rings. The molecule has 0 radical (unpaired) electrons. The Bertz CT molecular complexity index is 826. The van der Waals surface area contributed by atoms with Crippen LogP contribution in [0.1, 0.15) is 0 Å². The fraction of sp³-hybridized carbons (Fsp3) is 0.263. The summed E-state index contributed by atoms with van der Waals surface area (Å²) in [5.41, 5.74) is 1.29. The van der Waals surface area contributed by atoms with Crippen molar-refractivity contribution in [3.63, 3.8) is 0 Å². The number of anilines is 2. The maximum atomic E-state index is 12.2. The number of likely N-dealkylation sites (N-methyl/N-ethyl adjacent to an activating group) is 1. The number of ether oxygens (including phenoxy) is 2. The van der Waals surface area contributed by atoms with Crippen LogP contribution in [0.3, 0.4) is 0 Å². The van der Waals surface area contributed by atoms with Gasteiger partial charge in [0, 0.05) is 22.5 Å². The molecular formula is C19H21ClN3O4+. The Hall–Kier alpha value is -2.77. The normalized spacial score (nSPS) is 13.6. The van der Waals surface area contributed by atoms with E-state index in [0.717, 1.165) is 4.90 Å². The first kappa shape index (κ1) is 19.0. The van der Waals surface area contributed by atoms with E-state index >= 15 is 0 Å². The topological polar surface area (TPSA) is 81.1 Å². The number of hydrogen-bond acceptors (Lipinski definition) is 4. The van der Waals surface area contributed by atoms with Crippen molar-refractivity contribution in [2.24, 2.45) is 0 Å². The van der Waals surface area contributed by atoms with Crippen molar-refractivity contribution in [3.8, 4) is 11.5 Å². The number of carbonyl (C=O) groups excluding carboxylic acids is 2. The summed E-state index contributed by atoms with van der Waals surface area (Å²) >= 11 is 5.82. The minimum Gasteiger partial charge on any atom is -0.486 e. The summed E-state index contributed by atoms with van der Waals surface area (Å²) in [6, 6.07) is 12.1. The lowest BCUT2D eigenvalue weighted by molar-refractivity contribution is -0.862. The third kappa shape index (κ3) is 5.60. The summed E-state index contributed by atoms with van der Waals surface area (Å²) in [6.45, 7) is 1.32. The minimum absolute atomic E-state index is 0.155. The zero-order valence-electron chi connectivity index (χ0n) is 14.9. The monoisotopic (exact) mass is 390 g/mol. The summed E-state index contributed by atoms with van der Waals surface area (Å²) in [7, 11) is 1.78. The molecule has 0 aromatic heterocycles. The highest BCUT2D eigenvalue weighted by molar-refractivity contribution is 6.30. The van der Waals surface area contributed by atoms with Crippen LogP contribution in [0.5, 0.6) is 11.5 Å². The molecule has 0 spiro atoms. The lowest BCUT2D eigenvalue weighted by Gasteiger charge is -2.19. The third-order valence-corrected chi connectivity index (χ3v) is 4.13. The van der Waals surface area contributed by atoms with Crippen molar-refractivity contribution >= 4 is 34.8 Å². The minimum atomic E-state index is -0.191. The molecule has 0 fully saturated rings. The zero-order chi connectivity index (χ0) is 19.2. The van der Waals surface area contributed by atoms with Gasteiger partial charge in [-0.1, -0.05) is 11.6 Å². The average molecular weight is 391 g/mol. The van der Waals surface area contributed by atoms with E-state index in [-0.39, 0.29) is 24.9 Å². The van der Waals surface area contributed by atoms with Crippen LogP contribution in [0.15, 0.2) is 42.5 Å². The molecule has 142 valence electrons. The second-order valence-electron chi connectivity index (χ2n) is 6.27. The SMILES string of the molecule is C[NH+](CC(=O)Nc1ccc(Cl)cc1)CC(=O)Nc1ccc2c(c1)OCCO2. The van der Waals surface area contributed by atoms with Crippen LogP contribution < -0.4 is 25.0 Å². The number of hydrogen-bond donors (Lipinski definition) is 3. The standard InChI is InChI=1S/C19H20ClN3O4/c1-23(11-18(24)21-14-4-2-13(20)3-5-14)12-19(25)22-15-6-7-16-17(10-15)27-9-8-26-16/h2-7,10H,8-9,11-12H2,1H3,(H,21,24)(H,22,25)/p+1. The number of amides is 2. The van der Waals surface area contributed by atoms with E-state index in [2.05, 4.69) is 10.6 Å². The number of rotatable bonds is 6. The molecule has 8 heteroatoms. The number of benzene rings is 2. The maximum absolute atomic E-state index is 12.2. The summed E-state index contributed by atoms with van der Waals surface area (Å²) in [5.74, 6) is 0.911. The Morgan fingerprint density at radius 1 is 0.926 bits per heavy atom. The molecule has 0 bridgehead atoms. The van der Waals surface area contributed by atoms with Gasteiger partial charge in [0.25, 0.3) is 11.8 Å². The summed E-state index contributed by atoms with van der Waals surface area (Å²) in [6.07, 6.45) is 0. The molecule has 1 unspecified atom stereocenters. The highest BCUT2D eigenvalue weighted by Crippen LogP contribution is 2.32. The van der Waals surface area contributed by atoms with Gasteiger partial charge in [-0.2, -0.15) is 0 Å². The molecule has 3 N–H and O–H groups in total. The van der Waals surface area contributed by atoms with Gasteiger partial charge in [-0.05, 0) is 36.4 Å². The van der Waals surface area contributed by atoms with Crippen LogP contribution in [0, 0.1) is 0 Å². The summed E-state index contributed by atoms with van der Waals surface area (Å²) in [5, 5.41) is 6.19. The molecular weight excluding hydrogens is 370 g/mol. The van der Waals surface area contributed by atoms with Crippen molar-refractivity contribution in [1.82, 2.24) is 0 Å². The first-order valence-electron chi connectivity index (χ1n) is 8.56. The van der Waals surface area contributed by atoms with Crippen molar-refractivity contribution in [2.75, 3.05) is 44.0 Å². The van der Waals surface area contributed by atoms with Gasteiger partial charge in [0.05, 0.1) is 7.05 Å². The van der Waals surface area contributed by atoms with Gasteiger partial charge in [-0.3, -0.25) is 9.59 Å². The summed E-state index contributed by atoms with van der Waals surface area (Å²) in [4.78, 5) is 25.1. The predicted molar refractivity (Wildman–Crippen MR) is 103 cm³/mol. The molecule has 2 amide bonds. The van der Waals surface area contributed by atoms with Crippen molar-refractivity contribution < 1.29 is 24.0 Å². The Balaban J connectivity index is 1.47. The lowest BCUT2D eigenvalue weighted by Crippen LogP contribution is -3.11. The Morgan fingerprint density at radius 3 is 2.15 bits per heavy atom. The first-order valence-corrected chi connectivity index (χ1v) is 8.93. The average Bonchev–Trinajstić information content (AvgIpc) is 2.63. The van der Waals surface area contributed by atoms with E-state index in [0.29, 0.717) is 41.1 Å². The van der Waals surface area contributed by atoms with E-state index in [4.69, 9.17) is 21.1 Å². The molecule has 27 heavy (non-hydrogen) atoms. The maximum Gasteiger partial charge on any atom is 0.279 e. The molecule has 7 nitrogen and oxygen atoms in total. The fourth-order valence-corrected chi connectivity index (χ4v) is 2.80. The van der Waals surface area contributed by atoms with Crippen molar-refractivity contribution in [3.05, 3.63) is 47.5 Å². The second kappa shape index (κ2) is 8.75. The first-order chi connectivity index (χ1) is 13.0. The molecule has 2 aromatic carbocycles. The number of carbonyl (C=O) groups is 2. The number of halogens is 1.